The van der Waals surface area contributed by atoms with Crippen molar-refractivity contribution in [1.82, 2.24) is 19.7 Å². The zero-order valence-corrected chi connectivity index (χ0v) is 15.6. The van der Waals surface area contributed by atoms with Crippen molar-refractivity contribution in [3.63, 3.8) is 0 Å². The van der Waals surface area contributed by atoms with E-state index in [0.29, 0.717) is 5.57 Å². The van der Waals surface area contributed by atoms with Gasteiger partial charge in [0.1, 0.15) is 11.1 Å². The fraction of sp³-hybridized carbons (Fsp3) is 0.538. The third-order valence-electron chi connectivity index (χ3n) is 4.15. The van der Waals surface area contributed by atoms with Gasteiger partial charge in [-0.1, -0.05) is 11.8 Å². The second kappa shape index (κ2) is 6.68. The highest BCUT2D eigenvalue weighted by Gasteiger charge is 2.63. The third-order valence-corrected chi connectivity index (χ3v) is 6.65. The molecule has 0 aliphatic carbocycles. The fourth-order valence-corrected chi connectivity index (χ4v) is 5.20. The van der Waals surface area contributed by atoms with E-state index in [1.165, 1.54) is 25.9 Å². The molecule has 2 atom stereocenters. The van der Waals surface area contributed by atoms with Gasteiger partial charge >= 0.3 is 12.1 Å². The van der Waals surface area contributed by atoms with Crippen LogP contribution in [-0.4, -0.2) is 66.4 Å². The van der Waals surface area contributed by atoms with Crippen molar-refractivity contribution in [3.05, 3.63) is 17.1 Å². The molecule has 0 saturated carbocycles. The molecule has 3 N–H and O–H groups in total. The maximum absolute atomic E-state index is 12.8. The smallest absolute Gasteiger partial charge is 0.451 e. The van der Waals surface area contributed by atoms with Gasteiger partial charge in [0, 0.05) is 25.7 Å². The Morgan fingerprint density at radius 3 is 2.70 bits per heavy atom. The number of hydrogen-bond acceptors (Lipinski definition) is 8. The summed E-state index contributed by atoms with van der Waals surface area (Å²) in [5.74, 6) is -2.90. The van der Waals surface area contributed by atoms with E-state index in [0.717, 1.165) is 21.2 Å². The van der Waals surface area contributed by atoms with E-state index in [9.17, 15) is 27.9 Å². The lowest BCUT2D eigenvalue weighted by Gasteiger charge is -2.54. The highest BCUT2D eigenvalue weighted by Crippen LogP contribution is 2.46. The number of carbonyl (C=O) groups is 2. The van der Waals surface area contributed by atoms with Gasteiger partial charge < -0.3 is 14.4 Å². The van der Waals surface area contributed by atoms with Crippen molar-refractivity contribution < 1.29 is 32.6 Å². The molecule has 14 heteroatoms. The summed E-state index contributed by atoms with van der Waals surface area (Å²) in [4.78, 5) is 25.0. The predicted octanol–water partition coefficient (Wildman–Crippen LogP) is 0.481. The minimum atomic E-state index is -4.64. The average molecular weight is 425 g/mol. The lowest BCUT2D eigenvalue weighted by atomic mass is 10.00. The number of amides is 1. The fourth-order valence-electron chi connectivity index (χ4n) is 2.75. The first-order valence-corrected chi connectivity index (χ1v) is 9.39. The number of thioether (sulfide) groups is 2. The largest absolute Gasteiger partial charge is 0.477 e. The summed E-state index contributed by atoms with van der Waals surface area (Å²) in [7, 11) is 2.43. The SMILES string of the molecule is CO[C@@]1(N)C(=O)N2C(C(=O)O)=C(CSc3nnc(C(F)(F)F)n3C)CS[C@H]21. The van der Waals surface area contributed by atoms with Crippen LogP contribution in [0.15, 0.2) is 16.4 Å². The molecule has 0 radical (unpaired) electrons. The summed E-state index contributed by atoms with van der Waals surface area (Å²) >= 11 is 2.12. The van der Waals surface area contributed by atoms with Crippen LogP contribution in [0, 0.1) is 0 Å². The number of carboxylic acid groups (broad SMARTS) is 1. The topological polar surface area (TPSA) is 124 Å². The summed E-state index contributed by atoms with van der Waals surface area (Å²) in [5.41, 5.74) is 4.41. The summed E-state index contributed by atoms with van der Waals surface area (Å²) in [6.45, 7) is 0. The lowest BCUT2D eigenvalue weighted by Crippen LogP contribution is -2.78. The van der Waals surface area contributed by atoms with Gasteiger partial charge in [-0.3, -0.25) is 15.4 Å². The number of alkyl halides is 3. The van der Waals surface area contributed by atoms with Crippen LogP contribution in [-0.2, 0) is 27.5 Å². The molecular weight excluding hydrogens is 411 g/mol. The van der Waals surface area contributed by atoms with E-state index in [1.807, 2.05) is 0 Å². The van der Waals surface area contributed by atoms with Gasteiger partial charge in [0.2, 0.25) is 11.5 Å². The highest BCUT2D eigenvalue weighted by atomic mass is 32.2. The van der Waals surface area contributed by atoms with Crippen molar-refractivity contribution in [2.75, 3.05) is 18.6 Å². The van der Waals surface area contributed by atoms with Crippen molar-refractivity contribution in [1.29, 1.82) is 0 Å². The number of ether oxygens (including phenoxy) is 1. The first-order valence-electron chi connectivity index (χ1n) is 7.36. The van der Waals surface area contributed by atoms with E-state index in [1.54, 1.807) is 0 Å². The Balaban J connectivity index is 1.83. The predicted molar refractivity (Wildman–Crippen MR) is 88.4 cm³/mol. The molecule has 1 saturated heterocycles. The van der Waals surface area contributed by atoms with Crippen LogP contribution in [0.25, 0.3) is 0 Å². The molecule has 3 heterocycles. The van der Waals surface area contributed by atoms with Gasteiger partial charge in [-0.05, 0) is 5.57 Å². The number of halogens is 3. The number of β-lactam (4-membered cyclic amide) rings is 1. The van der Waals surface area contributed by atoms with Gasteiger partial charge in [0.05, 0.1) is 0 Å². The van der Waals surface area contributed by atoms with Crippen molar-refractivity contribution in [2.24, 2.45) is 12.8 Å². The van der Waals surface area contributed by atoms with E-state index in [-0.39, 0.29) is 22.4 Å². The molecule has 1 aromatic heterocycles. The zero-order chi connectivity index (χ0) is 20.1. The number of carboxylic acids is 1. The second-order valence-corrected chi connectivity index (χ2v) is 7.76. The van der Waals surface area contributed by atoms with Crippen LogP contribution in [0.1, 0.15) is 5.82 Å². The molecule has 1 amide bonds. The Hall–Kier alpha value is -1.77. The number of rotatable bonds is 5. The Morgan fingerprint density at radius 1 is 1.52 bits per heavy atom. The number of methoxy groups -OCH3 is 1. The number of carbonyl (C=O) groups excluding carboxylic acids is 1. The first kappa shape index (κ1) is 20.0. The van der Waals surface area contributed by atoms with E-state index >= 15 is 0 Å². The summed E-state index contributed by atoms with van der Waals surface area (Å²) in [6.07, 6.45) is -4.64. The van der Waals surface area contributed by atoms with E-state index < -0.39 is 35.0 Å². The molecule has 148 valence electrons. The maximum atomic E-state index is 12.8. The number of nitrogens with zero attached hydrogens (tertiary/aromatic N) is 4. The lowest BCUT2D eigenvalue weighted by molar-refractivity contribution is -0.182. The van der Waals surface area contributed by atoms with Crippen LogP contribution >= 0.6 is 23.5 Å². The number of hydrogen-bond donors (Lipinski definition) is 2. The van der Waals surface area contributed by atoms with Crippen LogP contribution in [0.2, 0.25) is 0 Å². The van der Waals surface area contributed by atoms with Crippen LogP contribution in [0.3, 0.4) is 0 Å². The minimum absolute atomic E-state index is 0.0216. The molecule has 0 unspecified atom stereocenters. The Morgan fingerprint density at radius 2 is 2.19 bits per heavy atom. The molecule has 1 aromatic rings. The van der Waals surface area contributed by atoms with Gasteiger partial charge in [-0.25, -0.2) is 4.79 Å². The molecule has 2 aliphatic heterocycles. The van der Waals surface area contributed by atoms with Crippen molar-refractivity contribution in [2.45, 2.75) is 22.4 Å². The summed E-state index contributed by atoms with van der Waals surface area (Å²) in [6, 6.07) is 0. The maximum Gasteiger partial charge on any atom is 0.451 e. The summed E-state index contributed by atoms with van der Waals surface area (Å²) < 4.78 is 44.2. The van der Waals surface area contributed by atoms with Crippen LogP contribution in [0.5, 0.6) is 0 Å². The van der Waals surface area contributed by atoms with E-state index in [4.69, 9.17) is 10.5 Å². The molecule has 9 nitrogen and oxygen atoms in total. The molecule has 2 aliphatic rings. The Kier molecular flexibility index (Phi) is 4.95. The monoisotopic (exact) mass is 425 g/mol. The molecule has 3 rings (SSSR count). The number of fused-ring (bicyclic) bond motifs is 1. The van der Waals surface area contributed by atoms with Crippen LogP contribution in [0.4, 0.5) is 13.2 Å². The third kappa shape index (κ3) is 3.09. The normalized spacial score (nSPS) is 25.5. The summed E-state index contributed by atoms with van der Waals surface area (Å²) in [5, 5.41) is 15.4. The second-order valence-electron chi connectivity index (χ2n) is 5.74. The van der Waals surface area contributed by atoms with Gasteiger partial charge in [-0.15, -0.1) is 22.0 Å². The number of nitrogens with two attached hydrogens (primary N) is 1. The highest BCUT2D eigenvalue weighted by molar-refractivity contribution is 8.01. The molecule has 27 heavy (non-hydrogen) atoms. The van der Waals surface area contributed by atoms with Crippen molar-refractivity contribution in [3.8, 4) is 0 Å². The molecule has 0 spiro atoms. The average Bonchev–Trinajstić information content (AvgIpc) is 2.98. The molecule has 0 bridgehead atoms. The molecular formula is C13H14F3N5O4S2. The van der Waals surface area contributed by atoms with E-state index in [2.05, 4.69) is 10.2 Å². The zero-order valence-electron chi connectivity index (χ0n) is 14.0. The van der Waals surface area contributed by atoms with Gasteiger partial charge in [0.25, 0.3) is 5.91 Å². The van der Waals surface area contributed by atoms with Crippen molar-refractivity contribution >= 4 is 35.4 Å². The van der Waals surface area contributed by atoms with Crippen LogP contribution < -0.4 is 5.73 Å². The standard InChI is InChI=1S/C13H14F3N5O4S2/c1-20-8(13(14,15)16)18-19-11(20)27-4-5-3-26-10-12(17,25-2)9(24)21(10)6(5)7(22)23/h10H,3-4,17H2,1-2H3,(H,22,23)/t10-,12-/m0/s1. The molecule has 0 aromatic carbocycles. The number of aromatic nitrogens is 3. The minimum Gasteiger partial charge on any atom is -0.477 e. The number of aliphatic carboxylic acids is 1. The van der Waals surface area contributed by atoms with Gasteiger partial charge in [-0.2, -0.15) is 13.2 Å². The first-order chi connectivity index (χ1) is 12.5. The quantitative estimate of drug-likeness (QED) is 0.394. The van der Waals surface area contributed by atoms with Gasteiger partial charge in [0.15, 0.2) is 5.16 Å². The Bertz CT molecular complexity index is 842. The Labute approximate surface area is 159 Å². The molecule has 1 fully saturated rings.